The van der Waals surface area contributed by atoms with E-state index in [0.29, 0.717) is 18.4 Å². The minimum atomic E-state index is -0.777. The van der Waals surface area contributed by atoms with Gasteiger partial charge in [-0.3, -0.25) is 4.79 Å². The number of benzene rings is 1. The van der Waals surface area contributed by atoms with E-state index in [4.69, 9.17) is 16.3 Å². The van der Waals surface area contributed by atoms with Gasteiger partial charge in [-0.2, -0.15) is 0 Å². The van der Waals surface area contributed by atoms with Crippen molar-refractivity contribution in [1.82, 2.24) is 5.32 Å². The molecule has 0 unspecified atom stereocenters. The molecule has 0 aliphatic carbocycles. The van der Waals surface area contributed by atoms with Gasteiger partial charge in [-0.15, -0.1) is 0 Å². The Bertz CT molecular complexity index is 534. The minimum Gasteiger partial charge on any atom is -0.454 e. The highest BCUT2D eigenvalue weighted by Crippen LogP contribution is 2.38. The third kappa shape index (κ3) is 3.55. The quantitative estimate of drug-likeness (QED) is 0.847. The van der Waals surface area contributed by atoms with E-state index in [2.05, 4.69) is 5.32 Å². The lowest BCUT2D eigenvalue weighted by Crippen LogP contribution is -2.45. The SMILES string of the molecule is CC(C)(C)C(=O)OC1(c2ccc(Cl)c(F)c2)CCNCC1. The van der Waals surface area contributed by atoms with Crippen molar-refractivity contribution >= 4 is 17.6 Å². The fourth-order valence-electron chi connectivity index (χ4n) is 2.39. The first kappa shape index (κ1) is 16.2. The first-order chi connectivity index (χ1) is 9.74. The molecule has 0 radical (unpaired) electrons. The molecule has 116 valence electrons. The van der Waals surface area contributed by atoms with Crippen molar-refractivity contribution < 1.29 is 13.9 Å². The van der Waals surface area contributed by atoms with E-state index in [1.807, 2.05) is 20.8 Å². The van der Waals surface area contributed by atoms with Gasteiger partial charge in [0.15, 0.2) is 0 Å². The van der Waals surface area contributed by atoms with Gasteiger partial charge < -0.3 is 10.1 Å². The molecule has 0 aromatic heterocycles. The first-order valence-corrected chi connectivity index (χ1v) is 7.52. The summed E-state index contributed by atoms with van der Waals surface area (Å²) in [4.78, 5) is 12.3. The molecular weight excluding hydrogens is 293 g/mol. The number of nitrogens with one attached hydrogen (secondary N) is 1. The second-order valence-corrected chi connectivity index (χ2v) is 6.92. The predicted octanol–water partition coefficient (Wildman–Crippen LogP) is 3.65. The van der Waals surface area contributed by atoms with Gasteiger partial charge in [0.25, 0.3) is 0 Å². The Kier molecular flexibility index (Phi) is 4.59. The zero-order valence-corrected chi connectivity index (χ0v) is 13.4. The van der Waals surface area contributed by atoms with E-state index in [9.17, 15) is 9.18 Å². The summed E-state index contributed by atoms with van der Waals surface area (Å²) < 4.78 is 19.6. The summed E-state index contributed by atoms with van der Waals surface area (Å²) in [6.07, 6.45) is 1.24. The number of piperidine rings is 1. The number of esters is 1. The van der Waals surface area contributed by atoms with Crippen molar-refractivity contribution in [2.24, 2.45) is 5.41 Å². The van der Waals surface area contributed by atoms with Crippen LogP contribution >= 0.6 is 11.6 Å². The average molecular weight is 314 g/mol. The maximum Gasteiger partial charge on any atom is 0.312 e. The van der Waals surface area contributed by atoms with E-state index in [-0.39, 0.29) is 11.0 Å². The van der Waals surface area contributed by atoms with E-state index < -0.39 is 16.8 Å². The number of hydrogen-bond acceptors (Lipinski definition) is 3. The van der Waals surface area contributed by atoms with Crippen LogP contribution in [0.2, 0.25) is 5.02 Å². The number of halogens is 2. The minimum absolute atomic E-state index is 0.0741. The molecule has 0 atom stereocenters. The lowest BCUT2D eigenvalue weighted by atomic mass is 9.84. The average Bonchev–Trinajstić information content (AvgIpc) is 2.41. The molecule has 0 bridgehead atoms. The lowest BCUT2D eigenvalue weighted by molar-refractivity contribution is -0.174. The summed E-state index contributed by atoms with van der Waals surface area (Å²) in [5, 5.41) is 3.31. The van der Waals surface area contributed by atoms with Gasteiger partial charge in [0.1, 0.15) is 11.4 Å². The number of carbonyl (C=O) groups excluding carboxylic acids is 1. The van der Waals surface area contributed by atoms with Gasteiger partial charge in [0.2, 0.25) is 0 Å². The molecule has 0 saturated carbocycles. The van der Waals surface area contributed by atoms with Crippen LogP contribution in [0.15, 0.2) is 18.2 Å². The Hall–Kier alpha value is -1.13. The molecule has 1 fully saturated rings. The van der Waals surface area contributed by atoms with Crippen LogP contribution in [-0.2, 0) is 15.1 Å². The molecule has 0 spiro atoms. The summed E-state index contributed by atoms with van der Waals surface area (Å²) >= 11 is 5.75. The molecule has 1 heterocycles. The van der Waals surface area contributed by atoms with Gasteiger partial charge >= 0.3 is 5.97 Å². The van der Waals surface area contributed by atoms with E-state index >= 15 is 0 Å². The molecule has 2 rings (SSSR count). The van der Waals surface area contributed by atoms with E-state index in [0.717, 1.165) is 13.1 Å². The molecule has 1 aromatic rings. The van der Waals surface area contributed by atoms with Gasteiger partial charge in [0.05, 0.1) is 10.4 Å². The zero-order valence-electron chi connectivity index (χ0n) is 12.6. The molecule has 21 heavy (non-hydrogen) atoms. The van der Waals surface area contributed by atoms with E-state index in [1.54, 1.807) is 6.07 Å². The van der Waals surface area contributed by atoms with Crippen LogP contribution in [0.1, 0.15) is 39.2 Å². The number of carbonyl (C=O) groups is 1. The molecule has 1 aliphatic rings. The molecule has 1 aliphatic heterocycles. The first-order valence-electron chi connectivity index (χ1n) is 7.14. The topological polar surface area (TPSA) is 38.3 Å². The van der Waals surface area contributed by atoms with Crippen molar-refractivity contribution in [1.29, 1.82) is 0 Å². The second-order valence-electron chi connectivity index (χ2n) is 6.51. The van der Waals surface area contributed by atoms with E-state index in [1.165, 1.54) is 12.1 Å². The summed E-state index contributed by atoms with van der Waals surface area (Å²) in [5.41, 5.74) is -0.701. The Balaban J connectivity index is 2.37. The third-order valence-electron chi connectivity index (χ3n) is 3.76. The van der Waals surface area contributed by atoms with Crippen molar-refractivity contribution in [2.75, 3.05) is 13.1 Å². The van der Waals surface area contributed by atoms with Crippen LogP contribution in [0.25, 0.3) is 0 Å². The highest BCUT2D eigenvalue weighted by Gasteiger charge is 2.40. The highest BCUT2D eigenvalue weighted by atomic mass is 35.5. The number of hydrogen-bond donors (Lipinski definition) is 1. The summed E-state index contributed by atoms with van der Waals surface area (Å²) in [7, 11) is 0. The Labute approximate surface area is 129 Å². The van der Waals surface area contributed by atoms with Crippen LogP contribution in [0.4, 0.5) is 4.39 Å². The predicted molar refractivity (Wildman–Crippen MR) is 80.7 cm³/mol. The molecule has 0 amide bonds. The Morgan fingerprint density at radius 2 is 1.95 bits per heavy atom. The van der Waals surface area contributed by atoms with Gasteiger partial charge in [-0.1, -0.05) is 17.7 Å². The third-order valence-corrected chi connectivity index (χ3v) is 4.06. The fourth-order valence-corrected chi connectivity index (χ4v) is 2.51. The summed E-state index contributed by atoms with van der Waals surface area (Å²) in [6, 6.07) is 4.64. The van der Waals surface area contributed by atoms with Crippen molar-refractivity contribution in [2.45, 2.75) is 39.2 Å². The summed E-state index contributed by atoms with van der Waals surface area (Å²) in [5.74, 6) is -0.765. The normalized spacial score (nSPS) is 18.3. The largest absolute Gasteiger partial charge is 0.454 e. The van der Waals surface area contributed by atoms with Crippen LogP contribution in [0.5, 0.6) is 0 Å². The molecule has 3 nitrogen and oxygen atoms in total. The second kappa shape index (κ2) is 5.93. The van der Waals surface area contributed by atoms with Gasteiger partial charge in [-0.05, 0) is 51.6 Å². The van der Waals surface area contributed by atoms with Crippen LogP contribution in [0.3, 0.4) is 0 Å². The zero-order chi connectivity index (χ0) is 15.7. The highest BCUT2D eigenvalue weighted by molar-refractivity contribution is 6.30. The molecular formula is C16H21ClFNO2. The smallest absolute Gasteiger partial charge is 0.312 e. The fraction of sp³-hybridized carbons (Fsp3) is 0.562. The number of rotatable bonds is 2. The Morgan fingerprint density at radius 1 is 1.33 bits per heavy atom. The van der Waals surface area contributed by atoms with Crippen LogP contribution < -0.4 is 5.32 Å². The maximum absolute atomic E-state index is 13.8. The van der Waals surface area contributed by atoms with Crippen molar-refractivity contribution in [3.63, 3.8) is 0 Å². The molecule has 1 aromatic carbocycles. The summed E-state index contributed by atoms with van der Waals surface area (Å²) in [6.45, 7) is 6.88. The van der Waals surface area contributed by atoms with Gasteiger partial charge in [-0.25, -0.2) is 4.39 Å². The maximum atomic E-state index is 13.8. The Morgan fingerprint density at radius 3 is 2.48 bits per heavy atom. The van der Waals surface area contributed by atoms with Crippen LogP contribution in [0, 0.1) is 11.2 Å². The standard InChI is InChI=1S/C16H21ClFNO2/c1-15(2,3)14(20)21-16(6-8-19-9-7-16)11-4-5-12(17)13(18)10-11/h4-5,10,19H,6-9H2,1-3H3. The van der Waals surface area contributed by atoms with Gasteiger partial charge in [0, 0.05) is 12.8 Å². The van der Waals surface area contributed by atoms with Crippen molar-refractivity contribution in [3.8, 4) is 0 Å². The van der Waals surface area contributed by atoms with Crippen molar-refractivity contribution in [3.05, 3.63) is 34.6 Å². The number of ether oxygens (including phenoxy) is 1. The molecule has 1 N–H and O–H groups in total. The lowest BCUT2D eigenvalue weighted by Gasteiger charge is -2.39. The van der Waals surface area contributed by atoms with Crippen LogP contribution in [-0.4, -0.2) is 19.1 Å². The molecule has 1 saturated heterocycles. The monoisotopic (exact) mass is 313 g/mol. The molecule has 5 heteroatoms.